The van der Waals surface area contributed by atoms with Crippen LogP contribution in [0.3, 0.4) is 0 Å². The molecule has 0 unspecified atom stereocenters. The summed E-state index contributed by atoms with van der Waals surface area (Å²) in [5.74, 6) is 1.03. The fourth-order valence-electron chi connectivity index (χ4n) is 3.09. The van der Waals surface area contributed by atoms with Crippen LogP contribution in [0.25, 0.3) is 4.96 Å². The molecule has 0 aliphatic carbocycles. The minimum Gasteiger partial charge on any atom is -0.486 e. The Bertz CT molecular complexity index is 1060. The first-order valence-corrected chi connectivity index (χ1v) is 9.58. The van der Waals surface area contributed by atoms with Gasteiger partial charge in [0.15, 0.2) is 16.5 Å². The number of aromatic nitrogens is 2. The summed E-state index contributed by atoms with van der Waals surface area (Å²) in [7, 11) is 0. The Labute approximate surface area is 159 Å². The molecule has 1 atom stereocenters. The Balaban J connectivity index is 1.64. The third kappa shape index (κ3) is 3.28. The molecular formula is C19H19N3O4S. The summed E-state index contributed by atoms with van der Waals surface area (Å²) in [6, 6.07) is 5.35. The van der Waals surface area contributed by atoms with E-state index in [4.69, 9.17) is 9.47 Å². The lowest BCUT2D eigenvalue weighted by Crippen LogP contribution is -2.36. The smallest absolute Gasteiger partial charge is 0.271 e. The van der Waals surface area contributed by atoms with Gasteiger partial charge in [0.1, 0.15) is 18.8 Å². The molecule has 0 bridgehead atoms. The van der Waals surface area contributed by atoms with Crippen molar-refractivity contribution < 1.29 is 14.3 Å². The normalized spacial score (nSPS) is 14.3. The first kappa shape index (κ1) is 17.5. The SMILES string of the molecule is CC(C)[C@H](NC(=O)c1cnc2sccn2c1=O)c1ccc2c(c1)OCCO2. The van der Waals surface area contributed by atoms with Crippen molar-refractivity contribution in [2.75, 3.05) is 13.2 Å². The lowest BCUT2D eigenvalue weighted by atomic mass is 9.95. The van der Waals surface area contributed by atoms with Crippen LogP contribution in [0, 0.1) is 5.92 Å². The van der Waals surface area contributed by atoms with Crippen LogP contribution in [0.15, 0.2) is 40.8 Å². The Hall–Kier alpha value is -2.87. The van der Waals surface area contributed by atoms with Crippen molar-refractivity contribution in [2.24, 2.45) is 5.92 Å². The fraction of sp³-hybridized carbons (Fsp3) is 0.316. The Morgan fingerprint density at radius 2 is 2.04 bits per heavy atom. The molecule has 3 heterocycles. The Kier molecular flexibility index (Phi) is 4.57. The second kappa shape index (κ2) is 7.03. The summed E-state index contributed by atoms with van der Waals surface area (Å²) in [6.07, 6.45) is 2.96. The van der Waals surface area contributed by atoms with Crippen molar-refractivity contribution in [2.45, 2.75) is 19.9 Å². The minimum absolute atomic E-state index is 0.0223. The number of nitrogens with zero attached hydrogens (tertiary/aromatic N) is 2. The molecule has 1 aliphatic rings. The van der Waals surface area contributed by atoms with Crippen molar-refractivity contribution in [3.05, 3.63) is 57.5 Å². The van der Waals surface area contributed by atoms with Crippen LogP contribution in [0.5, 0.6) is 11.5 Å². The van der Waals surface area contributed by atoms with Crippen molar-refractivity contribution >= 4 is 22.2 Å². The van der Waals surface area contributed by atoms with Crippen LogP contribution < -0.4 is 20.3 Å². The van der Waals surface area contributed by atoms with Crippen LogP contribution in [0.2, 0.25) is 0 Å². The van der Waals surface area contributed by atoms with Gasteiger partial charge in [-0.25, -0.2) is 4.98 Å². The molecule has 8 heteroatoms. The van der Waals surface area contributed by atoms with Crippen LogP contribution in [0.1, 0.15) is 35.8 Å². The molecule has 1 aliphatic heterocycles. The maximum absolute atomic E-state index is 12.8. The van der Waals surface area contributed by atoms with Crippen molar-refractivity contribution in [3.8, 4) is 11.5 Å². The zero-order valence-corrected chi connectivity index (χ0v) is 15.8. The topological polar surface area (TPSA) is 81.9 Å². The molecule has 1 N–H and O–H groups in total. The minimum atomic E-state index is -0.443. The van der Waals surface area contributed by atoms with E-state index in [0.717, 1.165) is 5.56 Å². The average molecular weight is 385 g/mol. The third-order valence-corrected chi connectivity index (χ3v) is 5.24. The van der Waals surface area contributed by atoms with Gasteiger partial charge in [-0.2, -0.15) is 0 Å². The highest BCUT2D eigenvalue weighted by Gasteiger charge is 2.23. The number of ether oxygens (including phenoxy) is 2. The maximum atomic E-state index is 12.8. The lowest BCUT2D eigenvalue weighted by molar-refractivity contribution is 0.0923. The molecule has 0 saturated carbocycles. The molecule has 7 nitrogen and oxygen atoms in total. The van der Waals surface area contributed by atoms with Gasteiger partial charge < -0.3 is 14.8 Å². The van der Waals surface area contributed by atoms with Crippen LogP contribution in [0.4, 0.5) is 0 Å². The quantitative estimate of drug-likeness (QED) is 0.747. The molecule has 1 aromatic carbocycles. The maximum Gasteiger partial charge on any atom is 0.271 e. The number of hydrogen-bond donors (Lipinski definition) is 1. The molecule has 27 heavy (non-hydrogen) atoms. The Morgan fingerprint density at radius 3 is 2.81 bits per heavy atom. The van der Waals surface area contributed by atoms with Gasteiger partial charge in [-0.3, -0.25) is 14.0 Å². The van der Waals surface area contributed by atoms with Gasteiger partial charge in [-0.05, 0) is 23.6 Å². The van der Waals surface area contributed by atoms with Crippen molar-refractivity contribution in [1.82, 2.24) is 14.7 Å². The number of nitrogens with one attached hydrogen (secondary N) is 1. The van der Waals surface area contributed by atoms with Crippen LogP contribution in [-0.2, 0) is 0 Å². The van der Waals surface area contributed by atoms with Gasteiger partial charge in [0, 0.05) is 17.8 Å². The largest absolute Gasteiger partial charge is 0.486 e. The number of carbonyl (C=O) groups excluding carboxylic acids is 1. The van der Waals surface area contributed by atoms with Gasteiger partial charge in [0.2, 0.25) is 0 Å². The van der Waals surface area contributed by atoms with E-state index in [-0.39, 0.29) is 23.1 Å². The highest BCUT2D eigenvalue weighted by Crippen LogP contribution is 2.34. The summed E-state index contributed by atoms with van der Waals surface area (Å²) < 4.78 is 12.6. The third-order valence-electron chi connectivity index (χ3n) is 4.47. The van der Waals surface area contributed by atoms with Gasteiger partial charge in [0.25, 0.3) is 11.5 Å². The number of hydrogen-bond acceptors (Lipinski definition) is 6. The average Bonchev–Trinajstić information content (AvgIpc) is 3.15. The van der Waals surface area contributed by atoms with E-state index in [1.54, 1.807) is 11.6 Å². The summed E-state index contributed by atoms with van der Waals surface area (Å²) in [5.41, 5.74) is 0.546. The summed E-state index contributed by atoms with van der Waals surface area (Å²) in [5, 5.41) is 4.73. The zero-order valence-electron chi connectivity index (χ0n) is 15.0. The van der Waals surface area contributed by atoms with E-state index in [0.29, 0.717) is 29.7 Å². The highest BCUT2D eigenvalue weighted by atomic mass is 32.1. The Morgan fingerprint density at radius 1 is 1.26 bits per heavy atom. The van der Waals surface area contributed by atoms with E-state index in [2.05, 4.69) is 10.3 Å². The second-order valence-corrected chi connectivity index (χ2v) is 7.50. The molecule has 0 saturated heterocycles. The van der Waals surface area contributed by atoms with Crippen LogP contribution >= 0.6 is 11.3 Å². The van der Waals surface area contributed by atoms with Gasteiger partial charge in [-0.1, -0.05) is 19.9 Å². The van der Waals surface area contributed by atoms with Crippen molar-refractivity contribution in [3.63, 3.8) is 0 Å². The first-order valence-electron chi connectivity index (χ1n) is 8.70. The van der Waals surface area contributed by atoms with E-state index < -0.39 is 5.91 Å². The lowest BCUT2D eigenvalue weighted by Gasteiger charge is -2.25. The predicted octanol–water partition coefficient (Wildman–Crippen LogP) is 2.65. The molecule has 0 fully saturated rings. The summed E-state index contributed by atoms with van der Waals surface area (Å²) >= 11 is 1.35. The number of fused-ring (bicyclic) bond motifs is 2. The number of carbonyl (C=O) groups is 1. The number of thiazole rings is 1. The molecule has 3 aromatic rings. The summed E-state index contributed by atoms with van der Waals surface area (Å²) in [4.78, 5) is 30.1. The van der Waals surface area contributed by atoms with E-state index in [1.165, 1.54) is 21.9 Å². The summed E-state index contributed by atoms with van der Waals surface area (Å²) in [6.45, 7) is 5.04. The van der Waals surface area contributed by atoms with Gasteiger partial charge in [0.05, 0.1) is 6.04 Å². The monoisotopic (exact) mass is 385 g/mol. The van der Waals surface area contributed by atoms with Crippen LogP contribution in [-0.4, -0.2) is 28.5 Å². The molecule has 4 rings (SSSR count). The predicted molar refractivity (Wildman–Crippen MR) is 102 cm³/mol. The van der Waals surface area contributed by atoms with E-state index >= 15 is 0 Å². The second-order valence-electron chi connectivity index (χ2n) is 6.63. The van der Waals surface area contributed by atoms with Crippen molar-refractivity contribution in [1.29, 1.82) is 0 Å². The number of rotatable bonds is 4. The standard InChI is InChI=1S/C19H19N3O4S/c1-11(2)16(12-3-4-14-15(9-12)26-7-6-25-14)21-17(23)13-10-20-19-22(18(13)24)5-8-27-19/h3-5,8-11,16H,6-7H2,1-2H3,(H,21,23)/t16-/m0/s1. The number of amides is 1. The first-order chi connectivity index (χ1) is 13.0. The molecule has 0 radical (unpaired) electrons. The fourth-order valence-corrected chi connectivity index (χ4v) is 3.76. The highest BCUT2D eigenvalue weighted by molar-refractivity contribution is 7.15. The molecule has 1 amide bonds. The molecule has 0 spiro atoms. The zero-order chi connectivity index (χ0) is 19.0. The molecular weight excluding hydrogens is 366 g/mol. The van der Waals surface area contributed by atoms with Gasteiger partial charge in [-0.15, -0.1) is 11.3 Å². The molecule has 140 valence electrons. The van der Waals surface area contributed by atoms with E-state index in [9.17, 15) is 9.59 Å². The van der Waals surface area contributed by atoms with E-state index in [1.807, 2.05) is 32.0 Å². The number of benzene rings is 1. The van der Waals surface area contributed by atoms with Gasteiger partial charge >= 0.3 is 0 Å². The molecule has 2 aromatic heterocycles.